The summed E-state index contributed by atoms with van der Waals surface area (Å²) < 4.78 is 0. The number of hydrogen-bond donors (Lipinski definition) is 0. The summed E-state index contributed by atoms with van der Waals surface area (Å²) in [5, 5.41) is 7.22. The summed E-state index contributed by atoms with van der Waals surface area (Å²) in [5.74, 6) is 0. The minimum atomic E-state index is 0. The van der Waals surface area contributed by atoms with Gasteiger partial charge in [0.2, 0.25) is 0 Å². The van der Waals surface area contributed by atoms with Gasteiger partial charge >= 0.3 is 20.1 Å². The van der Waals surface area contributed by atoms with E-state index in [2.05, 4.69) is 76.7 Å². The fourth-order valence-electron chi connectivity index (χ4n) is 5.78. The van der Waals surface area contributed by atoms with Crippen molar-refractivity contribution in [3.05, 3.63) is 200 Å². The summed E-state index contributed by atoms with van der Waals surface area (Å²) >= 11 is 0. The number of benzene rings is 6. The van der Waals surface area contributed by atoms with Crippen molar-refractivity contribution in [1.82, 2.24) is 15.0 Å². The van der Waals surface area contributed by atoms with Crippen LogP contribution in [0, 0.1) is 25.1 Å². The Hall–Kier alpha value is -5.80. The fraction of sp³-hybridized carbons (Fsp3) is 0.0217. The van der Waals surface area contributed by atoms with Gasteiger partial charge in [-0.05, 0) is 63.1 Å². The predicted octanol–water partition coefficient (Wildman–Crippen LogP) is 11.4. The number of nitrogens with zero attached hydrogens (tertiary/aromatic N) is 3. The Labute approximate surface area is 306 Å². The molecule has 3 heterocycles. The maximum atomic E-state index is 4.88. The van der Waals surface area contributed by atoms with Crippen molar-refractivity contribution in [2.75, 3.05) is 0 Å². The summed E-state index contributed by atoms with van der Waals surface area (Å²) in [7, 11) is 0. The molecule has 6 aromatic carbocycles. The van der Waals surface area contributed by atoms with Gasteiger partial charge in [-0.2, -0.15) is 0 Å². The summed E-state index contributed by atoms with van der Waals surface area (Å²) in [6, 6.07) is 64.6. The topological polar surface area (TPSA) is 38.7 Å². The third-order valence-corrected chi connectivity index (χ3v) is 8.20. The number of aryl methyl sites for hydroxylation is 1. The van der Waals surface area contributed by atoms with Crippen LogP contribution >= 0.6 is 0 Å². The standard InChI is InChI=1S/C21H13N.C15H10N.C10H9N.Ir/c1-3-9-16(10-4-1)20-15-18-13-7-8-14-19(18)21(22-20)17-11-5-2-6-12-17;1-2-7-13(8-3-1)15-14-9-5-4-6-12(14)10-11-16-15;1-8-10-5-3-2-4-9(10)6-7-11-8;/h1-9,11,13-15H;1-7,9-11H;2-7H,1H3;/q-2;-1;;+3. The van der Waals surface area contributed by atoms with Gasteiger partial charge in [-0.1, -0.05) is 78.9 Å². The molecule has 0 fully saturated rings. The molecule has 3 aromatic heterocycles. The van der Waals surface area contributed by atoms with Crippen molar-refractivity contribution in [2.45, 2.75) is 6.92 Å². The zero-order valence-corrected chi connectivity index (χ0v) is 29.8. The Morgan fingerprint density at radius 2 is 0.880 bits per heavy atom. The largest absolute Gasteiger partial charge is 3.00 e. The van der Waals surface area contributed by atoms with Crippen LogP contribution in [-0.4, -0.2) is 15.0 Å². The van der Waals surface area contributed by atoms with Crippen LogP contribution in [0.5, 0.6) is 0 Å². The Morgan fingerprint density at radius 3 is 1.46 bits per heavy atom. The summed E-state index contributed by atoms with van der Waals surface area (Å²) in [6.45, 7) is 2.03. The van der Waals surface area contributed by atoms with Gasteiger partial charge in [0.15, 0.2) is 0 Å². The minimum Gasteiger partial charge on any atom is -0.344 e. The van der Waals surface area contributed by atoms with Gasteiger partial charge in [0, 0.05) is 23.5 Å². The van der Waals surface area contributed by atoms with Crippen molar-refractivity contribution in [1.29, 1.82) is 0 Å². The van der Waals surface area contributed by atoms with Crippen LogP contribution in [0.1, 0.15) is 5.69 Å². The van der Waals surface area contributed by atoms with Gasteiger partial charge in [-0.15, -0.1) is 108 Å². The van der Waals surface area contributed by atoms with Crippen LogP contribution in [0.2, 0.25) is 0 Å². The van der Waals surface area contributed by atoms with E-state index in [1.54, 1.807) is 0 Å². The molecular weight excluding hydrogens is 787 g/mol. The molecular formula is C46H32IrN3. The molecule has 0 N–H and O–H groups in total. The van der Waals surface area contributed by atoms with Gasteiger partial charge in [-0.25, -0.2) is 0 Å². The van der Waals surface area contributed by atoms with E-state index in [9.17, 15) is 0 Å². The first-order valence-electron chi connectivity index (χ1n) is 16.2. The number of aromatic nitrogens is 3. The van der Waals surface area contributed by atoms with Crippen molar-refractivity contribution in [3.8, 4) is 33.8 Å². The van der Waals surface area contributed by atoms with E-state index < -0.39 is 0 Å². The summed E-state index contributed by atoms with van der Waals surface area (Å²) in [5.41, 5.74) is 7.06. The van der Waals surface area contributed by atoms with Gasteiger partial charge < -0.3 is 9.97 Å². The van der Waals surface area contributed by atoms with Crippen molar-refractivity contribution in [2.24, 2.45) is 0 Å². The molecule has 0 aliphatic heterocycles. The number of hydrogen-bond acceptors (Lipinski definition) is 3. The minimum absolute atomic E-state index is 0. The molecule has 0 saturated heterocycles. The van der Waals surface area contributed by atoms with Crippen LogP contribution in [-0.2, 0) is 20.1 Å². The maximum Gasteiger partial charge on any atom is 3.00 e. The van der Waals surface area contributed by atoms with Gasteiger partial charge in [0.05, 0.1) is 0 Å². The predicted molar refractivity (Wildman–Crippen MR) is 203 cm³/mol. The average molecular weight is 819 g/mol. The monoisotopic (exact) mass is 819 g/mol. The van der Waals surface area contributed by atoms with Crippen molar-refractivity contribution in [3.63, 3.8) is 0 Å². The molecule has 0 bridgehead atoms. The van der Waals surface area contributed by atoms with E-state index in [0.717, 1.165) is 44.9 Å². The zero-order chi connectivity index (χ0) is 33.3. The van der Waals surface area contributed by atoms with Gasteiger partial charge in [-0.3, -0.25) is 4.98 Å². The maximum absolute atomic E-state index is 4.88. The number of pyridine rings is 3. The van der Waals surface area contributed by atoms with Gasteiger partial charge in [0.25, 0.3) is 0 Å². The smallest absolute Gasteiger partial charge is 0.344 e. The Morgan fingerprint density at radius 1 is 0.420 bits per heavy atom. The molecule has 9 aromatic rings. The molecule has 0 atom stereocenters. The third kappa shape index (κ3) is 7.90. The van der Waals surface area contributed by atoms with E-state index in [0.29, 0.717) is 0 Å². The van der Waals surface area contributed by atoms with Crippen LogP contribution in [0.3, 0.4) is 0 Å². The number of rotatable bonds is 3. The SMILES string of the molecule is Cc1nccc2ccccc12.[Ir+3].[c-]1ccccc1-c1cc2ccccc2c(-c2[c-]cccc2)n1.[c-]1ccccc1-c1nccc2ccccc12. The third-order valence-electron chi connectivity index (χ3n) is 8.20. The molecule has 9 rings (SSSR count). The van der Waals surface area contributed by atoms with Gasteiger partial charge in [0.1, 0.15) is 0 Å². The first kappa shape index (κ1) is 34.1. The molecule has 0 saturated carbocycles. The van der Waals surface area contributed by atoms with Crippen LogP contribution in [0.15, 0.2) is 176 Å². The van der Waals surface area contributed by atoms with E-state index in [1.807, 2.05) is 135 Å². The summed E-state index contributed by atoms with van der Waals surface area (Å²) in [4.78, 5) is 13.5. The van der Waals surface area contributed by atoms with Crippen LogP contribution < -0.4 is 0 Å². The molecule has 240 valence electrons. The molecule has 4 heteroatoms. The fourth-order valence-corrected chi connectivity index (χ4v) is 5.78. The Bertz CT molecular complexity index is 2440. The molecule has 0 amide bonds. The second-order valence-corrected chi connectivity index (χ2v) is 11.4. The Kier molecular flexibility index (Phi) is 11.3. The number of fused-ring (bicyclic) bond motifs is 3. The normalized spacial score (nSPS) is 10.3. The average Bonchev–Trinajstić information content (AvgIpc) is 3.19. The first-order chi connectivity index (χ1) is 24.2. The molecule has 0 aliphatic rings. The molecule has 50 heavy (non-hydrogen) atoms. The van der Waals surface area contributed by atoms with Crippen LogP contribution in [0.4, 0.5) is 0 Å². The molecule has 0 aliphatic carbocycles. The van der Waals surface area contributed by atoms with E-state index >= 15 is 0 Å². The molecule has 0 unspecified atom stereocenters. The molecule has 0 spiro atoms. The first-order valence-corrected chi connectivity index (χ1v) is 16.2. The van der Waals surface area contributed by atoms with Crippen molar-refractivity contribution >= 4 is 32.3 Å². The summed E-state index contributed by atoms with van der Waals surface area (Å²) in [6.07, 6.45) is 3.69. The van der Waals surface area contributed by atoms with Crippen LogP contribution in [0.25, 0.3) is 66.1 Å². The van der Waals surface area contributed by atoms with E-state index in [4.69, 9.17) is 4.98 Å². The van der Waals surface area contributed by atoms with E-state index in [1.165, 1.54) is 26.9 Å². The molecule has 3 nitrogen and oxygen atoms in total. The quantitative estimate of drug-likeness (QED) is 0.167. The van der Waals surface area contributed by atoms with E-state index in [-0.39, 0.29) is 20.1 Å². The second kappa shape index (κ2) is 16.5. The van der Waals surface area contributed by atoms with Crippen molar-refractivity contribution < 1.29 is 20.1 Å². The zero-order valence-electron chi connectivity index (χ0n) is 27.4. The Balaban J connectivity index is 0.000000136. The second-order valence-electron chi connectivity index (χ2n) is 11.4. The molecule has 0 radical (unpaired) electrons.